The number of aromatic nitrogens is 1. The quantitative estimate of drug-likeness (QED) is 0.809. The Kier molecular flexibility index (Phi) is 5.02. The van der Waals surface area contributed by atoms with E-state index in [1.165, 1.54) is 43.6 Å². The van der Waals surface area contributed by atoms with Crippen LogP contribution in [0.1, 0.15) is 12.0 Å². The highest BCUT2D eigenvalue weighted by molar-refractivity contribution is 6.23. The van der Waals surface area contributed by atoms with Gasteiger partial charge >= 0.3 is 6.18 Å². The maximum absolute atomic E-state index is 12.6. The van der Waals surface area contributed by atoms with Crippen LogP contribution in [0.3, 0.4) is 0 Å². The average molecular weight is 379 g/mol. The Morgan fingerprint density at radius 2 is 1.89 bits per heavy atom. The molecular weight excluding hydrogens is 363 g/mol. The molecule has 1 aromatic heterocycles. The number of benzene rings is 1. The lowest BCUT2D eigenvalue weighted by atomic mass is 10.1. The van der Waals surface area contributed by atoms with E-state index in [9.17, 15) is 22.8 Å². The number of nitrogens with one attached hydrogen (secondary N) is 1. The highest BCUT2D eigenvalue weighted by atomic mass is 19.4. The average Bonchev–Trinajstić information content (AvgIpc) is 2.89. The zero-order valence-electron chi connectivity index (χ0n) is 14.3. The third kappa shape index (κ3) is 4.36. The summed E-state index contributed by atoms with van der Waals surface area (Å²) in [5.41, 5.74) is 0.908. The number of anilines is 2. The van der Waals surface area contributed by atoms with Crippen LogP contribution in [0.2, 0.25) is 0 Å². The molecule has 2 aromatic rings. The normalized spacial score (nSPS) is 17.3. The molecule has 1 aromatic carbocycles. The fourth-order valence-corrected chi connectivity index (χ4v) is 2.79. The summed E-state index contributed by atoms with van der Waals surface area (Å²) in [5.74, 6) is -0.490. The SMILES string of the molecule is COc1ccc(N2C(=O)C[C@@H](Nc3ccc(CC(F)(F)F)cc3)C2=O)cn1. The van der Waals surface area contributed by atoms with Gasteiger partial charge in [-0.05, 0) is 23.8 Å². The number of methoxy groups -OCH3 is 1. The standard InChI is InChI=1S/C18H16F3N3O3/c1-27-15-7-6-13(10-22-15)24-16(25)8-14(17(24)26)23-12-4-2-11(3-5-12)9-18(19,20)21/h2-7,10,14,23H,8-9H2,1H3/t14-/m1/s1. The summed E-state index contributed by atoms with van der Waals surface area (Å²) in [4.78, 5) is 29.8. The highest BCUT2D eigenvalue weighted by Gasteiger charge is 2.39. The number of pyridine rings is 1. The van der Waals surface area contributed by atoms with E-state index in [1.807, 2.05) is 0 Å². The smallest absolute Gasteiger partial charge is 0.393 e. The number of alkyl halides is 3. The summed E-state index contributed by atoms with van der Waals surface area (Å²) in [6, 6.07) is 7.87. The van der Waals surface area contributed by atoms with E-state index >= 15 is 0 Å². The fourth-order valence-electron chi connectivity index (χ4n) is 2.79. The van der Waals surface area contributed by atoms with Crippen LogP contribution in [0.15, 0.2) is 42.6 Å². The first-order chi connectivity index (χ1) is 12.8. The van der Waals surface area contributed by atoms with Gasteiger partial charge in [0.1, 0.15) is 6.04 Å². The first-order valence-electron chi connectivity index (χ1n) is 8.06. The molecule has 0 bridgehead atoms. The molecule has 1 aliphatic heterocycles. The minimum Gasteiger partial charge on any atom is -0.481 e. The number of halogens is 3. The highest BCUT2D eigenvalue weighted by Crippen LogP contribution is 2.26. The molecule has 1 saturated heterocycles. The van der Waals surface area contributed by atoms with Gasteiger partial charge in [-0.2, -0.15) is 13.2 Å². The number of carbonyl (C=O) groups is 2. The Bertz CT molecular complexity index is 836. The number of ether oxygens (including phenoxy) is 1. The van der Waals surface area contributed by atoms with E-state index in [0.29, 0.717) is 17.3 Å². The molecule has 142 valence electrons. The Morgan fingerprint density at radius 3 is 2.44 bits per heavy atom. The van der Waals surface area contributed by atoms with E-state index in [0.717, 1.165) is 4.90 Å². The molecule has 27 heavy (non-hydrogen) atoms. The van der Waals surface area contributed by atoms with Crippen molar-refractivity contribution in [3.8, 4) is 5.88 Å². The minimum atomic E-state index is -4.28. The van der Waals surface area contributed by atoms with Crippen molar-refractivity contribution in [3.63, 3.8) is 0 Å². The van der Waals surface area contributed by atoms with Crippen molar-refractivity contribution in [2.75, 3.05) is 17.3 Å². The second-order valence-corrected chi connectivity index (χ2v) is 6.02. The lowest BCUT2D eigenvalue weighted by Gasteiger charge is -2.16. The minimum absolute atomic E-state index is 0.0604. The molecule has 0 radical (unpaired) electrons. The molecule has 1 fully saturated rings. The van der Waals surface area contributed by atoms with Crippen LogP contribution in [0.5, 0.6) is 5.88 Å². The molecule has 0 saturated carbocycles. The van der Waals surface area contributed by atoms with Crippen LogP contribution >= 0.6 is 0 Å². The summed E-state index contributed by atoms with van der Waals surface area (Å²) in [5, 5.41) is 2.89. The number of hydrogen-bond donors (Lipinski definition) is 1. The van der Waals surface area contributed by atoms with Crippen molar-refractivity contribution in [2.24, 2.45) is 0 Å². The molecule has 1 aliphatic rings. The second-order valence-electron chi connectivity index (χ2n) is 6.02. The predicted octanol–water partition coefficient (Wildman–Crippen LogP) is 2.94. The lowest BCUT2D eigenvalue weighted by Crippen LogP contribution is -2.34. The molecule has 0 aliphatic carbocycles. The first-order valence-corrected chi connectivity index (χ1v) is 8.06. The number of nitrogens with zero attached hydrogens (tertiary/aromatic N) is 2. The van der Waals surface area contributed by atoms with Gasteiger partial charge in [0.15, 0.2) is 0 Å². The molecule has 2 amide bonds. The molecule has 1 atom stereocenters. The Labute approximate surface area is 152 Å². The topological polar surface area (TPSA) is 71.5 Å². The van der Waals surface area contributed by atoms with Crippen LogP contribution in [0.25, 0.3) is 0 Å². The maximum Gasteiger partial charge on any atom is 0.393 e. The lowest BCUT2D eigenvalue weighted by molar-refractivity contribution is -0.127. The molecule has 9 heteroatoms. The van der Waals surface area contributed by atoms with Crippen molar-refractivity contribution in [2.45, 2.75) is 25.1 Å². The van der Waals surface area contributed by atoms with E-state index < -0.39 is 30.5 Å². The van der Waals surface area contributed by atoms with Gasteiger partial charge in [0.2, 0.25) is 11.8 Å². The Balaban J connectivity index is 1.69. The monoisotopic (exact) mass is 379 g/mol. The third-order valence-electron chi connectivity index (χ3n) is 4.03. The molecule has 6 nitrogen and oxygen atoms in total. The zero-order valence-corrected chi connectivity index (χ0v) is 14.3. The summed E-state index contributed by atoms with van der Waals surface area (Å²) in [7, 11) is 1.45. The van der Waals surface area contributed by atoms with E-state index in [-0.39, 0.29) is 12.0 Å². The van der Waals surface area contributed by atoms with Gasteiger partial charge in [-0.1, -0.05) is 12.1 Å². The van der Waals surface area contributed by atoms with Crippen molar-refractivity contribution >= 4 is 23.2 Å². The number of amides is 2. The summed E-state index contributed by atoms with van der Waals surface area (Å²) < 4.78 is 42.1. The van der Waals surface area contributed by atoms with Crippen LogP contribution < -0.4 is 15.0 Å². The maximum atomic E-state index is 12.6. The van der Waals surface area contributed by atoms with Crippen molar-refractivity contribution < 1.29 is 27.5 Å². The van der Waals surface area contributed by atoms with Gasteiger partial charge in [0.25, 0.3) is 5.91 Å². The summed E-state index contributed by atoms with van der Waals surface area (Å²) in [6.45, 7) is 0. The van der Waals surface area contributed by atoms with E-state index in [1.54, 1.807) is 6.07 Å². The second kappa shape index (κ2) is 7.26. The van der Waals surface area contributed by atoms with Crippen LogP contribution in [-0.2, 0) is 16.0 Å². The van der Waals surface area contributed by atoms with Gasteiger partial charge in [-0.15, -0.1) is 0 Å². The molecule has 0 unspecified atom stereocenters. The largest absolute Gasteiger partial charge is 0.481 e. The van der Waals surface area contributed by atoms with Gasteiger partial charge in [-0.25, -0.2) is 9.88 Å². The summed E-state index contributed by atoms with van der Waals surface area (Å²) in [6.07, 6.45) is -4.00. The number of hydrogen-bond acceptors (Lipinski definition) is 5. The van der Waals surface area contributed by atoms with Crippen LogP contribution in [0.4, 0.5) is 24.5 Å². The van der Waals surface area contributed by atoms with Crippen molar-refractivity contribution in [3.05, 3.63) is 48.2 Å². The Morgan fingerprint density at radius 1 is 1.19 bits per heavy atom. The Hall–Kier alpha value is -3.10. The molecule has 3 rings (SSSR count). The number of imide groups is 1. The van der Waals surface area contributed by atoms with E-state index in [4.69, 9.17) is 4.74 Å². The van der Waals surface area contributed by atoms with Crippen LogP contribution in [-0.4, -0.2) is 36.1 Å². The first kappa shape index (κ1) is 18.7. The van der Waals surface area contributed by atoms with Crippen molar-refractivity contribution in [1.29, 1.82) is 0 Å². The van der Waals surface area contributed by atoms with Crippen LogP contribution in [0, 0.1) is 0 Å². The van der Waals surface area contributed by atoms with Crippen molar-refractivity contribution in [1.82, 2.24) is 4.98 Å². The molecule has 0 spiro atoms. The molecule has 1 N–H and O–H groups in total. The van der Waals surface area contributed by atoms with Gasteiger partial charge in [-0.3, -0.25) is 9.59 Å². The van der Waals surface area contributed by atoms with Gasteiger partial charge in [0, 0.05) is 11.8 Å². The third-order valence-corrected chi connectivity index (χ3v) is 4.03. The summed E-state index contributed by atoms with van der Waals surface area (Å²) >= 11 is 0. The molecular formula is C18H16F3N3O3. The van der Waals surface area contributed by atoms with E-state index in [2.05, 4.69) is 10.3 Å². The molecule has 2 heterocycles. The predicted molar refractivity (Wildman–Crippen MR) is 91.5 cm³/mol. The number of carbonyl (C=O) groups excluding carboxylic acids is 2. The zero-order chi connectivity index (χ0) is 19.6. The number of rotatable bonds is 5. The van der Waals surface area contributed by atoms with Gasteiger partial charge < -0.3 is 10.1 Å². The fraction of sp³-hybridized carbons (Fsp3) is 0.278. The van der Waals surface area contributed by atoms with Gasteiger partial charge in [0.05, 0.1) is 31.8 Å².